The second-order valence-corrected chi connectivity index (χ2v) is 7.18. The third kappa shape index (κ3) is 2.68. The van der Waals surface area contributed by atoms with Crippen LogP contribution in [0.25, 0.3) is 0 Å². The molecule has 0 spiro atoms. The number of carbonyl (C=O) groups excluding carboxylic acids is 1. The highest BCUT2D eigenvalue weighted by Crippen LogP contribution is 2.48. The van der Waals surface area contributed by atoms with Gasteiger partial charge in [0.1, 0.15) is 5.82 Å². The molecule has 3 aromatic rings. The van der Waals surface area contributed by atoms with Gasteiger partial charge in [0.15, 0.2) is 5.00 Å². The van der Waals surface area contributed by atoms with Crippen LogP contribution in [-0.4, -0.2) is 10.8 Å². The van der Waals surface area contributed by atoms with E-state index in [9.17, 15) is 9.18 Å². The van der Waals surface area contributed by atoms with Crippen molar-refractivity contribution in [1.29, 1.82) is 0 Å². The molecule has 4 rings (SSSR count). The van der Waals surface area contributed by atoms with Gasteiger partial charge in [-0.1, -0.05) is 65.7 Å². The number of nitrogens with zero attached hydrogens (tertiary/aromatic N) is 1. The third-order valence-corrected chi connectivity index (χ3v) is 5.49. The van der Waals surface area contributed by atoms with Crippen molar-refractivity contribution in [2.75, 3.05) is 0 Å². The average Bonchev–Trinajstić information content (AvgIpc) is 2.87. The first kappa shape index (κ1) is 17.1. The first-order chi connectivity index (χ1) is 12.5. The van der Waals surface area contributed by atoms with Crippen molar-refractivity contribution in [2.45, 2.75) is 11.5 Å². The summed E-state index contributed by atoms with van der Waals surface area (Å²) in [6, 6.07) is 20.5. The van der Waals surface area contributed by atoms with Crippen LogP contribution in [0.2, 0.25) is 5.02 Å². The van der Waals surface area contributed by atoms with Gasteiger partial charge >= 0.3 is 0 Å². The van der Waals surface area contributed by atoms with Crippen molar-refractivity contribution in [1.82, 2.24) is 4.90 Å². The van der Waals surface area contributed by atoms with Crippen molar-refractivity contribution in [3.05, 3.63) is 106 Å². The minimum atomic E-state index is -1.15. The Balaban J connectivity index is 1.84. The van der Waals surface area contributed by atoms with Gasteiger partial charge in [0.25, 0.3) is 5.91 Å². The number of halogens is 3. The Morgan fingerprint density at radius 1 is 0.923 bits per heavy atom. The summed E-state index contributed by atoms with van der Waals surface area (Å²) in [4.78, 5) is 13.5. The van der Waals surface area contributed by atoms with Crippen LogP contribution in [-0.2, 0) is 11.5 Å². The Hall–Kier alpha value is -2.36. The van der Waals surface area contributed by atoms with Crippen LogP contribution in [0.5, 0.6) is 0 Å². The van der Waals surface area contributed by atoms with Gasteiger partial charge in [-0.3, -0.25) is 4.79 Å². The predicted molar refractivity (Wildman–Crippen MR) is 101 cm³/mol. The molecular weight excluding hydrogens is 372 g/mol. The molecule has 3 aromatic carbocycles. The minimum Gasteiger partial charge on any atom is -0.307 e. The van der Waals surface area contributed by atoms with Crippen molar-refractivity contribution in [3.63, 3.8) is 0 Å². The molecule has 130 valence electrons. The number of amides is 1. The minimum absolute atomic E-state index is 0.158. The van der Waals surface area contributed by atoms with Gasteiger partial charge in [-0.25, -0.2) is 4.39 Å². The molecular formula is C21H14Cl2FNO. The number of hydrogen-bond donors (Lipinski definition) is 0. The summed E-state index contributed by atoms with van der Waals surface area (Å²) >= 11 is 13.1. The summed E-state index contributed by atoms with van der Waals surface area (Å²) < 4.78 is 13.2. The zero-order chi connectivity index (χ0) is 18.3. The quantitative estimate of drug-likeness (QED) is 0.425. The predicted octanol–water partition coefficient (Wildman–Crippen LogP) is 5.58. The molecule has 1 atom stereocenters. The fourth-order valence-electron chi connectivity index (χ4n) is 3.32. The topological polar surface area (TPSA) is 20.3 Å². The van der Waals surface area contributed by atoms with Gasteiger partial charge in [-0.05, 0) is 41.5 Å². The first-order valence-electron chi connectivity index (χ1n) is 8.11. The SMILES string of the molecule is O=C1c2ccccc2C(Cl)(c2ccc(Cl)cc2)N1Cc1ccc(F)cc1. The van der Waals surface area contributed by atoms with Gasteiger partial charge in [-0.15, -0.1) is 0 Å². The van der Waals surface area contributed by atoms with Gasteiger partial charge in [0.2, 0.25) is 0 Å². The van der Waals surface area contributed by atoms with Crippen LogP contribution in [0.3, 0.4) is 0 Å². The number of benzene rings is 3. The van der Waals surface area contributed by atoms with Crippen LogP contribution in [0.4, 0.5) is 4.39 Å². The number of rotatable bonds is 3. The Bertz CT molecular complexity index is 972. The monoisotopic (exact) mass is 385 g/mol. The molecule has 5 heteroatoms. The van der Waals surface area contributed by atoms with Gasteiger partial charge in [0, 0.05) is 22.7 Å². The maximum atomic E-state index is 13.2. The molecule has 2 nitrogen and oxygen atoms in total. The Labute approximate surface area is 160 Å². The molecule has 1 amide bonds. The van der Waals surface area contributed by atoms with E-state index in [1.54, 1.807) is 35.2 Å². The number of fused-ring (bicyclic) bond motifs is 1. The molecule has 0 fully saturated rings. The summed E-state index contributed by atoms with van der Waals surface area (Å²) in [6.07, 6.45) is 0. The fourth-order valence-corrected chi connectivity index (χ4v) is 3.88. The smallest absolute Gasteiger partial charge is 0.256 e. The molecule has 0 aromatic heterocycles. The summed E-state index contributed by atoms with van der Waals surface area (Å²) in [7, 11) is 0. The highest BCUT2D eigenvalue weighted by molar-refractivity contribution is 6.31. The maximum Gasteiger partial charge on any atom is 0.256 e. The molecule has 0 saturated carbocycles. The van der Waals surface area contributed by atoms with E-state index in [-0.39, 0.29) is 18.3 Å². The molecule has 1 heterocycles. The molecule has 0 N–H and O–H groups in total. The van der Waals surface area contributed by atoms with E-state index in [1.165, 1.54) is 12.1 Å². The lowest BCUT2D eigenvalue weighted by Crippen LogP contribution is -2.39. The Morgan fingerprint density at radius 2 is 1.58 bits per heavy atom. The van der Waals surface area contributed by atoms with E-state index in [0.717, 1.165) is 16.7 Å². The van der Waals surface area contributed by atoms with E-state index >= 15 is 0 Å². The lowest BCUT2D eigenvalue weighted by atomic mass is 9.97. The third-order valence-electron chi connectivity index (χ3n) is 4.61. The maximum absolute atomic E-state index is 13.2. The van der Waals surface area contributed by atoms with Gasteiger partial charge in [0.05, 0.1) is 0 Å². The largest absolute Gasteiger partial charge is 0.307 e. The molecule has 0 bridgehead atoms. The summed E-state index contributed by atoms with van der Waals surface area (Å²) in [5.41, 5.74) is 2.85. The van der Waals surface area contributed by atoms with Crippen LogP contribution in [0.15, 0.2) is 72.8 Å². The normalized spacial score (nSPS) is 18.9. The van der Waals surface area contributed by atoms with Crippen LogP contribution in [0, 0.1) is 5.82 Å². The van der Waals surface area contributed by atoms with Crippen LogP contribution in [0.1, 0.15) is 27.0 Å². The lowest BCUT2D eigenvalue weighted by Gasteiger charge is -2.34. The second-order valence-electron chi connectivity index (χ2n) is 6.19. The second kappa shape index (κ2) is 6.42. The fraction of sp³-hybridized carbons (Fsp3) is 0.0952. The van der Waals surface area contributed by atoms with Crippen molar-refractivity contribution >= 4 is 29.1 Å². The van der Waals surface area contributed by atoms with Crippen molar-refractivity contribution < 1.29 is 9.18 Å². The zero-order valence-corrected chi connectivity index (χ0v) is 15.1. The standard InChI is InChI=1S/C21H14Cl2FNO/c22-16-9-7-15(8-10-16)21(23)19-4-2-1-3-18(19)20(26)25(21)13-14-5-11-17(24)12-6-14/h1-12H,13H2. The average molecular weight is 386 g/mol. The van der Waals surface area contributed by atoms with E-state index in [0.29, 0.717) is 10.6 Å². The van der Waals surface area contributed by atoms with Gasteiger partial charge in [-0.2, -0.15) is 0 Å². The lowest BCUT2D eigenvalue weighted by molar-refractivity contribution is 0.0702. The molecule has 1 aliphatic heterocycles. The Morgan fingerprint density at radius 3 is 2.27 bits per heavy atom. The molecule has 1 unspecified atom stereocenters. The summed E-state index contributed by atoms with van der Waals surface area (Å²) in [5.74, 6) is -0.477. The van der Waals surface area contributed by atoms with E-state index < -0.39 is 5.00 Å². The number of alkyl halides is 1. The molecule has 0 aliphatic carbocycles. The Kier molecular flexibility index (Phi) is 4.22. The molecule has 26 heavy (non-hydrogen) atoms. The number of hydrogen-bond acceptors (Lipinski definition) is 1. The van der Waals surface area contributed by atoms with Crippen LogP contribution < -0.4 is 0 Å². The first-order valence-corrected chi connectivity index (χ1v) is 8.86. The molecule has 0 radical (unpaired) electrons. The van der Waals surface area contributed by atoms with E-state index in [1.807, 2.05) is 30.3 Å². The summed E-state index contributed by atoms with van der Waals surface area (Å²) in [5, 5.41) is 0.594. The summed E-state index contributed by atoms with van der Waals surface area (Å²) in [6.45, 7) is 0.264. The van der Waals surface area contributed by atoms with Crippen molar-refractivity contribution in [3.8, 4) is 0 Å². The van der Waals surface area contributed by atoms with E-state index in [2.05, 4.69) is 0 Å². The van der Waals surface area contributed by atoms with Gasteiger partial charge < -0.3 is 4.90 Å². The highest BCUT2D eigenvalue weighted by Gasteiger charge is 2.49. The number of carbonyl (C=O) groups is 1. The zero-order valence-electron chi connectivity index (χ0n) is 13.6. The molecule has 1 aliphatic rings. The highest BCUT2D eigenvalue weighted by atomic mass is 35.5. The van der Waals surface area contributed by atoms with E-state index in [4.69, 9.17) is 23.2 Å². The van der Waals surface area contributed by atoms with Crippen LogP contribution >= 0.6 is 23.2 Å². The van der Waals surface area contributed by atoms with Crippen molar-refractivity contribution in [2.24, 2.45) is 0 Å². The molecule has 0 saturated heterocycles.